The number of hydrogen-bond donors (Lipinski definition) is 1. The standard InChI is InChI=1S/C12H12N4O3S/c1-15(8-9-5-3-2-4-6-9)12(17)14-11-13-7-10(20-11)16(18)19/h2-7H,8H2,1H3,(H,13,14,17). The zero-order valence-corrected chi connectivity index (χ0v) is 11.5. The number of benzene rings is 1. The van der Waals surface area contributed by atoms with Gasteiger partial charge in [0.25, 0.3) is 0 Å². The van der Waals surface area contributed by atoms with Gasteiger partial charge in [-0.15, -0.1) is 0 Å². The molecule has 2 rings (SSSR count). The molecule has 0 radical (unpaired) electrons. The molecule has 1 aromatic heterocycles. The quantitative estimate of drug-likeness (QED) is 0.693. The number of amides is 2. The first kappa shape index (κ1) is 13.9. The summed E-state index contributed by atoms with van der Waals surface area (Å²) in [6.45, 7) is 0.445. The summed E-state index contributed by atoms with van der Waals surface area (Å²) in [5, 5.41) is 13.2. The van der Waals surface area contributed by atoms with Crippen LogP contribution in [0.2, 0.25) is 0 Å². The number of nitrogens with zero attached hydrogens (tertiary/aromatic N) is 3. The maximum atomic E-state index is 11.9. The van der Waals surface area contributed by atoms with Crippen LogP contribution in [0.4, 0.5) is 14.9 Å². The number of thiazole rings is 1. The van der Waals surface area contributed by atoms with Crippen LogP contribution in [0.15, 0.2) is 36.5 Å². The van der Waals surface area contributed by atoms with Crippen LogP contribution in [-0.2, 0) is 6.54 Å². The van der Waals surface area contributed by atoms with E-state index in [1.807, 2.05) is 30.3 Å². The first-order chi connectivity index (χ1) is 9.56. The molecule has 2 aromatic rings. The summed E-state index contributed by atoms with van der Waals surface area (Å²) in [7, 11) is 1.64. The molecule has 0 saturated carbocycles. The summed E-state index contributed by atoms with van der Waals surface area (Å²) in [4.78, 5) is 27.2. The van der Waals surface area contributed by atoms with E-state index in [-0.39, 0.29) is 16.2 Å². The van der Waals surface area contributed by atoms with Gasteiger partial charge < -0.3 is 4.90 Å². The maximum Gasteiger partial charge on any atom is 0.345 e. The highest BCUT2D eigenvalue weighted by Crippen LogP contribution is 2.25. The first-order valence-corrected chi connectivity index (χ1v) is 6.54. The van der Waals surface area contributed by atoms with E-state index in [0.29, 0.717) is 6.54 Å². The largest absolute Gasteiger partial charge is 0.345 e. The fourth-order valence-electron chi connectivity index (χ4n) is 1.52. The predicted molar refractivity (Wildman–Crippen MR) is 75.7 cm³/mol. The highest BCUT2D eigenvalue weighted by atomic mass is 32.1. The molecule has 2 amide bonds. The van der Waals surface area contributed by atoms with Gasteiger partial charge in [-0.1, -0.05) is 30.3 Å². The van der Waals surface area contributed by atoms with Gasteiger partial charge in [0, 0.05) is 13.6 Å². The van der Waals surface area contributed by atoms with Crippen molar-refractivity contribution < 1.29 is 9.72 Å². The lowest BCUT2D eigenvalue weighted by Crippen LogP contribution is -2.30. The molecule has 0 unspecified atom stereocenters. The molecule has 0 atom stereocenters. The molecule has 20 heavy (non-hydrogen) atoms. The van der Waals surface area contributed by atoms with Gasteiger partial charge in [-0.25, -0.2) is 9.78 Å². The second-order valence-electron chi connectivity index (χ2n) is 4.03. The van der Waals surface area contributed by atoms with Crippen molar-refractivity contribution in [1.82, 2.24) is 9.88 Å². The number of nitro groups is 1. The van der Waals surface area contributed by atoms with Gasteiger partial charge >= 0.3 is 11.0 Å². The summed E-state index contributed by atoms with van der Waals surface area (Å²) in [5.41, 5.74) is 0.996. The van der Waals surface area contributed by atoms with E-state index < -0.39 is 4.92 Å². The van der Waals surface area contributed by atoms with Gasteiger partial charge in [0.2, 0.25) is 0 Å². The topological polar surface area (TPSA) is 88.4 Å². The summed E-state index contributed by atoms with van der Waals surface area (Å²) in [6, 6.07) is 9.16. The summed E-state index contributed by atoms with van der Waals surface area (Å²) < 4.78 is 0. The van der Waals surface area contributed by atoms with Crippen molar-refractivity contribution in [1.29, 1.82) is 0 Å². The van der Waals surface area contributed by atoms with E-state index >= 15 is 0 Å². The first-order valence-electron chi connectivity index (χ1n) is 5.72. The molecule has 7 nitrogen and oxygen atoms in total. The predicted octanol–water partition coefficient (Wildman–Crippen LogP) is 2.72. The molecule has 8 heteroatoms. The third-order valence-corrected chi connectivity index (χ3v) is 3.36. The molecule has 1 N–H and O–H groups in total. The fraction of sp³-hybridized carbons (Fsp3) is 0.167. The van der Waals surface area contributed by atoms with Crippen LogP contribution < -0.4 is 5.32 Å². The molecule has 0 fully saturated rings. The number of urea groups is 1. The lowest BCUT2D eigenvalue weighted by Gasteiger charge is -2.16. The van der Waals surface area contributed by atoms with E-state index in [1.54, 1.807) is 7.05 Å². The number of hydrogen-bond acceptors (Lipinski definition) is 5. The molecule has 0 aliphatic heterocycles. The number of aromatic nitrogens is 1. The molecule has 104 valence electrons. The Bertz CT molecular complexity index is 614. The van der Waals surface area contributed by atoms with E-state index in [4.69, 9.17) is 0 Å². The number of nitrogens with one attached hydrogen (secondary N) is 1. The van der Waals surface area contributed by atoms with Crippen molar-refractivity contribution >= 4 is 27.5 Å². The molecular formula is C12H12N4O3S. The Morgan fingerprint density at radius 3 is 2.75 bits per heavy atom. The van der Waals surface area contributed by atoms with Crippen LogP contribution in [0.1, 0.15) is 5.56 Å². The van der Waals surface area contributed by atoms with Gasteiger partial charge in [-0.05, 0) is 16.9 Å². The van der Waals surface area contributed by atoms with Crippen molar-refractivity contribution in [2.75, 3.05) is 12.4 Å². The number of rotatable bonds is 4. The van der Waals surface area contributed by atoms with Gasteiger partial charge in [-0.3, -0.25) is 15.4 Å². The van der Waals surface area contributed by atoms with Crippen molar-refractivity contribution in [2.45, 2.75) is 6.54 Å². The monoisotopic (exact) mass is 292 g/mol. The lowest BCUT2D eigenvalue weighted by molar-refractivity contribution is -0.380. The SMILES string of the molecule is CN(Cc1ccccc1)C(=O)Nc1ncc([N+](=O)[O-])s1. The average Bonchev–Trinajstić information content (AvgIpc) is 2.88. The molecule has 0 spiro atoms. The lowest BCUT2D eigenvalue weighted by atomic mass is 10.2. The second-order valence-corrected chi connectivity index (χ2v) is 5.04. The Hall–Kier alpha value is -2.48. The third kappa shape index (κ3) is 3.51. The summed E-state index contributed by atoms with van der Waals surface area (Å²) in [6.07, 6.45) is 1.12. The van der Waals surface area contributed by atoms with Crippen LogP contribution in [0.3, 0.4) is 0 Å². The van der Waals surface area contributed by atoms with Gasteiger partial charge in [0.1, 0.15) is 6.20 Å². The van der Waals surface area contributed by atoms with Crippen LogP contribution in [0.25, 0.3) is 0 Å². The highest BCUT2D eigenvalue weighted by Gasteiger charge is 2.15. The minimum Gasteiger partial charge on any atom is -0.323 e. The molecule has 0 aliphatic rings. The van der Waals surface area contributed by atoms with E-state index in [2.05, 4.69) is 10.3 Å². The smallest absolute Gasteiger partial charge is 0.323 e. The summed E-state index contributed by atoms with van der Waals surface area (Å²) in [5.74, 6) is 0. The number of carbonyl (C=O) groups excluding carboxylic acids is 1. The molecule has 0 aliphatic carbocycles. The highest BCUT2D eigenvalue weighted by molar-refractivity contribution is 7.18. The Kier molecular flexibility index (Phi) is 4.26. The number of carbonyl (C=O) groups is 1. The molecule has 0 saturated heterocycles. The van der Waals surface area contributed by atoms with Gasteiger partial charge in [-0.2, -0.15) is 0 Å². The second kappa shape index (κ2) is 6.11. The zero-order valence-electron chi connectivity index (χ0n) is 10.6. The minimum atomic E-state index is -0.541. The van der Waals surface area contributed by atoms with Gasteiger partial charge in [0.15, 0.2) is 5.13 Å². The molecular weight excluding hydrogens is 280 g/mol. The minimum absolute atomic E-state index is 0.106. The fourth-order valence-corrected chi connectivity index (χ4v) is 2.15. The van der Waals surface area contributed by atoms with Crippen LogP contribution in [0.5, 0.6) is 0 Å². The van der Waals surface area contributed by atoms with Crippen LogP contribution in [-0.4, -0.2) is 27.9 Å². The molecule has 1 heterocycles. The number of anilines is 1. The van der Waals surface area contributed by atoms with Crippen molar-refractivity contribution in [3.8, 4) is 0 Å². The Morgan fingerprint density at radius 2 is 2.15 bits per heavy atom. The van der Waals surface area contributed by atoms with Crippen molar-refractivity contribution in [3.63, 3.8) is 0 Å². The maximum absolute atomic E-state index is 11.9. The Balaban J connectivity index is 1.95. The van der Waals surface area contributed by atoms with Crippen molar-refractivity contribution in [3.05, 3.63) is 52.2 Å². The Morgan fingerprint density at radius 1 is 1.45 bits per heavy atom. The van der Waals surface area contributed by atoms with Crippen LogP contribution >= 0.6 is 11.3 Å². The van der Waals surface area contributed by atoms with E-state index in [9.17, 15) is 14.9 Å². The summed E-state index contributed by atoms with van der Waals surface area (Å²) >= 11 is 0.824. The molecule has 0 bridgehead atoms. The normalized spacial score (nSPS) is 10.1. The average molecular weight is 292 g/mol. The third-order valence-electron chi connectivity index (χ3n) is 2.50. The molecule has 1 aromatic carbocycles. The zero-order chi connectivity index (χ0) is 14.5. The van der Waals surface area contributed by atoms with Crippen molar-refractivity contribution in [2.24, 2.45) is 0 Å². The van der Waals surface area contributed by atoms with Gasteiger partial charge in [0.05, 0.1) is 4.92 Å². The van der Waals surface area contributed by atoms with E-state index in [0.717, 1.165) is 23.1 Å². The van der Waals surface area contributed by atoms with E-state index in [1.165, 1.54) is 4.90 Å². The Labute approximate surface area is 119 Å². The van der Waals surface area contributed by atoms with Crippen LogP contribution in [0, 0.1) is 10.1 Å².